The summed E-state index contributed by atoms with van der Waals surface area (Å²) < 4.78 is 32.6. The topological polar surface area (TPSA) is 65.0 Å². The molecule has 39 heavy (non-hydrogen) atoms. The van der Waals surface area contributed by atoms with Gasteiger partial charge in [0.1, 0.15) is 23.9 Å². The highest BCUT2D eigenvalue weighted by Crippen LogP contribution is 2.60. The van der Waals surface area contributed by atoms with Gasteiger partial charge in [0.05, 0.1) is 19.1 Å². The highest BCUT2D eigenvalue weighted by molar-refractivity contribution is 5.78. The zero-order valence-electron chi connectivity index (χ0n) is 23.3. The van der Waals surface area contributed by atoms with Crippen LogP contribution in [-0.2, 0) is 28.0 Å². The molecule has 3 atom stereocenters. The minimum Gasteiger partial charge on any atom is -0.497 e. The molecule has 2 aliphatic rings. The molecule has 0 radical (unpaired) electrons. The summed E-state index contributed by atoms with van der Waals surface area (Å²) in [5.41, 5.74) is 4.91. The molecule has 5 nitrogen and oxygen atoms in total. The normalized spacial score (nSPS) is 20.8. The van der Waals surface area contributed by atoms with E-state index in [2.05, 4.69) is 26.8 Å². The Morgan fingerprint density at radius 3 is 2.49 bits per heavy atom. The second-order valence-corrected chi connectivity index (χ2v) is 12.0. The van der Waals surface area contributed by atoms with Crippen LogP contribution >= 0.6 is 0 Å². The van der Waals surface area contributed by atoms with Crippen LogP contribution in [0.25, 0.3) is 11.1 Å². The lowest BCUT2D eigenvalue weighted by molar-refractivity contribution is -0.139. The Bertz CT molecular complexity index is 1390. The molecule has 1 fully saturated rings. The van der Waals surface area contributed by atoms with Crippen molar-refractivity contribution in [2.24, 2.45) is 11.3 Å². The molecule has 2 aliphatic carbocycles. The average Bonchev–Trinajstić information content (AvgIpc) is 3.63. The van der Waals surface area contributed by atoms with Gasteiger partial charge in [-0.3, -0.25) is 4.79 Å². The van der Waals surface area contributed by atoms with Crippen LogP contribution in [0.5, 0.6) is 11.5 Å². The summed E-state index contributed by atoms with van der Waals surface area (Å²) in [7, 11) is 3.25. The smallest absolute Gasteiger partial charge is 0.307 e. The molecule has 0 bridgehead atoms. The number of fused-ring (bicyclic) bond motifs is 2. The molecular weight excluding hydrogens is 495 g/mol. The first kappa shape index (κ1) is 27.2. The van der Waals surface area contributed by atoms with E-state index in [-0.39, 0.29) is 28.7 Å². The fourth-order valence-electron chi connectivity index (χ4n) is 6.37. The van der Waals surface area contributed by atoms with Gasteiger partial charge in [-0.2, -0.15) is 0 Å². The largest absolute Gasteiger partial charge is 0.497 e. The number of benzene rings is 3. The summed E-state index contributed by atoms with van der Waals surface area (Å²) in [5, 5.41) is 9.65. The molecule has 0 aliphatic heterocycles. The molecule has 6 heteroatoms. The van der Waals surface area contributed by atoms with E-state index in [1.54, 1.807) is 26.4 Å². The first-order chi connectivity index (χ1) is 18.6. The number of rotatable bonds is 8. The summed E-state index contributed by atoms with van der Waals surface area (Å²) in [6.07, 6.45) is 3.33. The van der Waals surface area contributed by atoms with Gasteiger partial charge >= 0.3 is 5.97 Å². The zero-order chi connectivity index (χ0) is 27.9. The van der Waals surface area contributed by atoms with Gasteiger partial charge in [-0.1, -0.05) is 39.0 Å². The van der Waals surface area contributed by atoms with Crippen LogP contribution in [0.2, 0.25) is 0 Å². The molecule has 0 saturated heterocycles. The zero-order valence-corrected chi connectivity index (χ0v) is 23.3. The van der Waals surface area contributed by atoms with Gasteiger partial charge in [-0.05, 0) is 95.3 Å². The number of carboxylic acids is 1. The maximum atomic E-state index is 15.0. The lowest BCUT2D eigenvalue weighted by Crippen LogP contribution is -2.21. The van der Waals surface area contributed by atoms with E-state index >= 15 is 4.39 Å². The van der Waals surface area contributed by atoms with Crippen LogP contribution in [0.1, 0.15) is 68.4 Å². The van der Waals surface area contributed by atoms with Crippen molar-refractivity contribution >= 4 is 5.97 Å². The Hall–Kier alpha value is -3.38. The Morgan fingerprint density at radius 1 is 1.05 bits per heavy atom. The molecule has 0 amide bonds. The predicted molar refractivity (Wildman–Crippen MR) is 149 cm³/mol. The molecular formula is C33H37FO5. The maximum Gasteiger partial charge on any atom is 0.307 e. The molecule has 5 rings (SSSR count). The minimum atomic E-state index is -0.708. The van der Waals surface area contributed by atoms with E-state index in [1.807, 2.05) is 30.3 Å². The molecule has 0 heterocycles. The molecule has 3 unspecified atom stereocenters. The molecule has 1 saturated carbocycles. The second kappa shape index (κ2) is 10.3. The first-order valence-electron chi connectivity index (χ1n) is 13.6. The van der Waals surface area contributed by atoms with Crippen LogP contribution in [-0.4, -0.2) is 25.3 Å². The number of ether oxygens (including phenoxy) is 3. The van der Waals surface area contributed by atoms with Crippen molar-refractivity contribution in [3.05, 3.63) is 82.7 Å². The SMILES string of the molecule is COc1ccc(F)c(-c2ccc(COc3ccc4c(c3)C3(CCC4)CC3C(=O)O)cc2C(OC)C(C)(C)C)c1. The molecule has 3 aromatic rings. The number of aryl methyl sites for hydroxylation is 1. The van der Waals surface area contributed by atoms with Crippen LogP contribution in [0, 0.1) is 17.2 Å². The van der Waals surface area contributed by atoms with Crippen LogP contribution < -0.4 is 9.47 Å². The van der Waals surface area contributed by atoms with E-state index in [4.69, 9.17) is 14.2 Å². The number of hydrogen-bond acceptors (Lipinski definition) is 4. The lowest BCUT2D eigenvalue weighted by atomic mass is 9.78. The Morgan fingerprint density at radius 2 is 1.82 bits per heavy atom. The molecule has 206 valence electrons. The highest BCUT2D eigenvalue weighted by Gasteiger charge is 2.60. The Balaban J connectivity index is 1.46. The van der Waals surface area contributed by atoms with Crippen LogP contribution in [0.3, 0.4) is 0 Å². The minimum absolute atomic E-state index is 0.240. The van der Waals surface area contributed by atoms with Crippen molar-refractivity contribution in [2.75, 3.05) is 14.2 Å². The van der Waals surface area contributed by atoms with Crippen LogP contribution in [0.15, 0.2) is 54.6 Å². The average molecular weight is 533 g/mol. The third kappa shape index (κ3) is 5.14. The Labute approximate surface area is 229 Å². The number of halogens is 1. The molecule has 1 N–H and O–H groups in total. The van der Waals surface area contributed by atoms with Crippen LogP contribution in [0.4, 0.5) is 4.39 Å². The number of hydrogen-bond donors (Lipinski definition) is 1. The molecule has 1 spiro atoms. The number of carboxylic acid groups (broad SMARTS) is 1. The summed E-state index contributed by atoms with van der Waals surface area (Å²) in [4.78, 5) is 11.7. The highest BCUT2D eigenvalue weighted by atomic mass is 19.1. The molecule has 3 aromatic carbocycles. The van der Waals surface area contributed by atoms with Crippen molar-refractivity contribution in [2.45, 2.75) is 64.6 Å². The quantitative estimate of drug-likeness (QED) is 0.326. The van der Waals surface area contributed by atoms with Crippen molar-refractivity contribution in [1.82, 2.24) is 0 Å². The van der Waals surface area contributed by atoms with E-state index < -0.39 is 5.97 Å². The summed E-state index contributed by atoms with van der Waals surface area (Å²) in [5.74, 6) is -0.0225. The van der Waals surface area contributed by atoms with Gasteiger partial charge in [0.25, 0.3) is 0 Å². The van der Waals surface area contributed by atoms with Crippen molar-refractivity contribution < 1.29 is 28.5 Å². The van der Waals surface area contributed by atoms with E-state index in [0.29, 0.717) is 24.3 Å². The summed E-state index contributed by atoms with van der Waals surface area (Å²) >= 11 is 0. The van der Waals surface area contributed by atoms with Crippen molar-refractivity contribution in [3.63, 3.8) is 0 Å². The summed E-state index contributed by atoms with van der Waals surface area (Å²) in [6.45, 7) is 6.62. The summed E-state index contributed by atoms with van der Waals surface area (Å²) in [6, 6.07) is 16.8. The van der Waals surface area contributed by atoms with Gasteiger partial charge in [-0.25, -0.2) is 4.39 Å². The van der Waals surface area contributed by atoms with Gasteiger partial charge in [0.2, 0.25) is 0 Å². The fourth-order valence-corrected chi connectivity index (χ4v) is 6.37. The fraction of sp³-hybridized carbons (Fsp3) is 0.424. The lowest BCUT2D eigenvalue weighted by Gasteiger charge is -2.32. The van der Waals surface area contributed by atoms with E-state index in [1.165, 1.54) is 11.6 Å². The number of aliphatic carboxylic acids is 1. The predicted octanol–water partition coefficient (Wildman–Crippen LogP) is 7.49. The van der Waals surface area contributed by atoms with E-state index in [9.17, 15) is 9.90 Å². The number of methoxy groups -OCH3 is 2. The number of carbonyl (C=O) groups is 1. The third-order valence-corrected chi connectivity index (χ3v) is 8.35. The van der Waals surface area contributed by atoms with Gasteiger partial charge in [-0.15, -0.1) is 0 Å². The second-order valence-electron chi connectivity index (χ2n) is 12.0. The standard InChI is InChI=1S/C33H37FO5/c1-32(2,3)30(38-5)26-15-20(8-12-24(26)25-16-22(37-4)11-13-29(25)34)19-39-23-10-9-21-7-6-14-33(27(21)17-23)18-28(33)31(35)36/h8-13,15-17,28,30H,6-7,14,18-19H2,1-5H3,(H,35,36). The monoisotopic (exact) mass is 532 g/mol. The Kier molecular flexibility index (Phi) is 7.19. The first-order valence-corrected chi connectivity index (χ1v) is 13.6. The maximum absolute atomic E-state index is 15.0. The van der Waals surface area contributed by atoms with Gasteiger partial charge < -0.3 is 19.3 Å². The van der Waals surface area contributed by atoms with Gasteiger partial charge in [0.15, 0.2) is 0 Å². The molecule has 0 aromatic heterocycles. The van der Waals surface area contributed by atoms with Gasteiger partial charge in [0, 0.05) is 18.1 Å². The van der Waals surface area contributed by atoms with E-state index in [0.717, 1.165) is 47.3 Å². The van der Waals surface area contributed by atoms with Crippen molar-refractivity contribution in [1.29, 1.82) is 0 Å². The van der Waals surface area contributed by atoms with Crippen molar-refractivity contribution in [3.8, 4) is 22.6 Å². The third-order valence-electron chi connectivity index (χ3n) is 8.35.